The standard InChI is InChI=1S/C18H19NO2.ClH/c1-18(2)12-21-17(20)19-16(18)15-10-8-14(9-11-15)13-6-4-3-5-7-13;/h3-11,16H,12H2,1-2H3,(H,19,20);1H/t16-;/m0./s1. The molecule has 0 bridgehead atoms. The fraction of sp³-hybridized carbons (Fsp3) is 0.278. The highest BCUT2D eigenvalue weighted by Gasteiger charge is 2.37. The van der Waals surface area contributed by atoms with Crippen molar-refractivity contribution in [3.05, 3.63) is 60.2 Å². The molecule has 1 N–H and O–H groups in total. The summed E-state index contributed by atoms with van der Waals surface area (Å²) in [6, 6.07) is 18.6. The Balaban J connectivity index is 0.00000176. The van der Waals surface area contributed by atoms with Crippen molar-refractivity contribution in [2.75, 3.05) is 6.61 Å². The first-order valence-electron chi connectivity index (χ1n) is 7.15. The average Bonchev–Trinajstić information content (AvgIpc) is 2.51. The highest BCUT2D eigenvalue weighted by molar-refractivity contribution is 5.85. The third-order valence-electron chi connectivity index (χ3n) is 3.97. The Morgan fingerprint density at radius 3 is 2.23 bits per heavy atom. The second-order valence-electron chi connectivity index (χ2n) is 6.13. The number of amides is 1. The maximum atomic E-state index is 11.5. The maximum Gasteiger partial charge on any atom is 0.407 e. The fourth-order valence-corrected chi connectivity index (χ4v) is 2.72. The second-order valence-corrected chi connectivity index (χ2v) is 6.13. The number of carbonyl (C=O) groups excluding carboxylic acids is 1. The summed E-state index contributed by atoms with van der Waals surface area (Å²) in [7, 11) is 0. The third kappa shape index (κ3) is 3.25. The first-order valence-corrected chi connectivity index (χ1v) is 7.15. The van der Waals surface area contributed by atoms with E-state index < -0.39 is 0 Å². The van der Waals surface area contributed by atoms with Crippen molar-refractivity contribution in [2.24, 2.45) is 5.41 Å². The first-order chi connectivity index (χ1) is 10.1. The van der Waals surface area contributed by atoms with Crippen LogP contribution in [0.2, 0.25) is 0 Å². The minimum Gasteiger partial charge on any atom is -0.449 e. The molecule has 1 atom stereocenters. The van der Waals surface area contributed by atoms with Crippen LogP contribution in [0.5, 0.6) is 0 Å². The van der Waals surface area contributed by atoms with Crippen LogP contribution < -0.4 is 5.32 Å². The molecule has 1 heterocycles. The molecule has 116 valence electrons. The molecule has 1 aliphatic heterocycles. The Morgan fingerprint density at radius 2 is 1.59 bits per heavy atom. The van der Waals surface area contributed by atoms with Gasteiger partial charge in [-0.15, -0.1) is 12.4 Å². The number of hydrogen-bond donors (Lipinski definition) is 1. The highest BCUT2D eigenvalue weighted by atomic mass is 35.5. The minimum absolute atomic E-state index is 0. The Bertz CT molecular complexity index is 638. The van der Waals surface area contributed by atoms with Crippen LogP contribution in [0.15, 0.2) is 54.6 Å². The lowest BCUT2D eigenvalue weighted by atomic mass is 9.80. The molecule has 0 spiro atoms. The van der Waals surface area contributed by atoms with Crippen LogP contribution in [0, 0.1) is 5.41 Å². The third-order valence-corrected chi connectivity index (χ3v) is 3.97. The Kier molecular flexibility index (Phi) is 4.77. The molecule has 0 unspecified atom stereocenters. The summed E-state index contributed by atoms with van der Waals surface area (Å²) >= 11 is 0. The molecule has 2 aromatic carbocycles. The van der Waals surface area contributed by atoms with E-state index in [4.69, 9.17) is 4.74 Å². The van der Waals surface area contributed by atoms with Gasteiger partial charge in [-0.1, -0.05) is 68.4 Å². The Hall–Kier alpha value is -2.00. The lowest BCUT2D eigenvalue weighted by Gasteiger charge is -2.38. The zero-order chi connectivity index (χ0) is 14.9. The van der Waals surface area contributed by atoms with Gasteiger partial charge in [0.05, 0.1) is 6.04 Å². The van der Waals surface area contributed by atoms with Crippen LogP contribution >= 0.6 is 12.4 Å². The summed E-state index contributed by atoms with van der Waals surface area (Å²) in [6.45, 7) is 4.63. The topological polar surface area (TPSA) is 38.3 Å². The van der Waals surface area contributed by atoms with Gasteiger partial charge in [-0.25, -0.2) is 4.79 Å². The maximum absolute atomic E-state index is 11.5. The van der Waals surface area contributed by atoms with E-state index in [2.05, 4.69) is 55.6 Å². The van der Waals surface area contributed by atoms with Gasteiger partial charge in [-0.05, 0) is 16.7 Å². The number of cyclic esters (lactones) is 1. The molecule has 1 saturated heterocycles. The summed E-state index contributed by atoms with van der Waals surface area (Å²) in [5.74, 6) is 0. The van der Waals surface area contributed by atoms with Crippen molar-refractivity contribution in [2.45, 2.75) is 19.9 Å². The number of halogens is 1. The number of alkyl carbamates (subject to hydrolysis) is 1. The van der Waals surface area contributed by atoms with E-state index in [1.165, 1.54) is 11.1 Å². The summed E-state index contributed by atoms with van der Waals surface area (Å²) < 4.78 is 5.09. The second kappa shape index (κ2) is 6.41. The molecule has 1 amide bonds. The first kappa shape index (κ1) is 16.4. The van der Waals surface area contributed by atoms with E-state index in [0.717, 1.165) is 5.56 Å². The molecule has 4 heteroatoms. The zero-order valence-corrected chi connectivity index (χ0v) is 13.5. The lowest BCUT2D eigenvalue weighted by Crippen LogP contribution is -2.46. The smallest absolute Gasteiger partial charge is 0.407 e. The molecule has 0 aromatic heterocycles. The molecule has 0 radical (unpaired) electrons. The predicted molar refractivity (Wildman–Crippen MR) is 90.1 cm³/mol. The quantitative estimate of drug-likeness (QED) is 0.880. The van der Waals surface area contributed by atoms with Gasteiger partial charge >= 0.3 is 6.09 Å². The number of hydrogen-bond acceptors (Lipinski definition) is 2. The Morgan fingerprint density at radius 1 is 1.00 bits per heavy atom. The monoisotopic (exact) mass is 317 g/mol. The van der Waals surface area contributed by atoms with E-state index >= 15 is 0 Å². The van der Waals surface area contributed by atoms with Crippen molar-refractivity contribution in [3.8, 4) is 11.1 Å². The SMILES string of the molecule is CC1(C)COC(=O)N[C@H]1c1ccc(-c2ccccc2)cc1.Cl. The van der Waals surface area contributed by atoms with E-state index in [1.54, 1.807) is 0 Å². The van der Waals surface area contributed by atoms with Gasteiger partial charge in [-0.2, -0.15) is 0 Å². The molecule has 2 aromatic rings. The zero-order valence-electron chi connectivity index (χ0n) is 12.7. The van der Waals surface area contributed by atoms with Crippen LogP contribution in [-0.2, 0) is 4.74 Å². The molecule has 0 saturated carbocycles. The molecule has 1 aliphatic rings. The van der Waals surface area contributed by atoms with E-state index in [-0.39, 0.29) is 30.0 Å². The largest absolute Gasteiger partial charge is 0.449 e. The summed E-state index contributed by atoms with van der Waals surface area (Å²) in [4.78, 5) is 11.5. The normalized spacial score (nSPS) is 19.5. The number of ether oxygens (including phenoxy) is 1. The fourth-order valence-electron chi connectivity index (χ4n) is 2.72. The summed E-state index contributed by atoms with van der Waals surface area (Å²) in [5, 5.41) is 2.92. The van der Waals surface area contributed by atoms with Gasteiger partial charge in [0.2, 0.25) is 0 Å². The van der Waals surface area contributed by atoms with Gasteiger partial charge in [0.15, 0.2) is 0 Å². The van der Waals surface area contributed by atoms with Crippen LogP contribution in [0.4, 0.5) is 4.79 Å². The molecular weight excluding hydrogens is 298 g/mol. The molecule has 1 fully saturated rings. The van der Waals surface area contributed by atoms with Crippen molar-refractivity contribution in [1.82, 2.24) is 5.32 Å². The van der Waals surface area contributed by atoms with E-state index in [0.29, 0.717) is 6.61 Å². The molecular formula is C18H20ClNO2. The summed E-state index contributed by atoms with van der Waals surface area (Å²) in [5.41, 5.74) is 3.36. The number of rotatable bonds is 2. The lowest BCUT2D eigenvalue weighted by molar-refractivity contribution is 0.0387. The van der Waals surface area contributed by atoms with Crippen molar-refractivity contribution < 1.29 is 9.53 Å². The minimum atomic E-state index is -0.341. The molecule has 0 aliphatic carbocycles. The molecule has 3 nitrogen and oxygen atoms in total. The van der Waals surface area contributed by atoms with Gasteiger partial charge < -0.3 is 10.1 Å². The van der Waals surface area contributed by atoms with E-state index in [9.17, 15) is 4.79 Å². The van der Waals surface area contributed by atoms with Crippen LogP contribution in [-0.4, -0.2) is 12.7 Å². The molecule has 3 rings (SSSR count). The predicted octanol–water partition coefficient (Wildman–Crippen LogP) is 4.58. The van der Waals surface area contributed by atoms with Crippen molar-refractivity contribution in [3.63, 3.8) is 0 Å². The van der Waals surface area contributed by atoms with Crippen LogP contribution in [0.1, 0.15) is 25.5 Å². The van der Waals surface area contributed by atoms with Gasteiger partial charge in [0, 0.05) is 5.41 Å². The van der Waals surface area contributed by atoms with Crippen molar-refractivity contribution in [1.29, 1.82) is 0 Å². The average molecular weight is 318 g/mol. The number of nitrogens with one attached hydrogen (secondary N) is 1. The summed E-state index contributed by atoms with van der Waals surface area (Å²) in [6.07, 6.45) is -0.341. The van der Waals surface area contributed by atoms with Crippen molar-refractivity contribution >= 4 is 18.5 Å². The van der Waals surface area contributed by atoms with E-state index in [1.807, 2.05) is 18.2 Å². The highest BCUT2D eigenvalue weighted by Crippen LogP contribution is 2.36. The number of carbonyl (C=O) groups is 1. The van der Waals surface area contributed by atoms with Crippen LogP contribution in [0.25, 0.3) is 11.1 Å². The Labute approximate surface area is 137 Å². The van der Waals surface area contributed by atoms with Gasteiger partial charge in [0.25, 0.3) is 0 Å². The number of benzene rings is 2. The molecule has 22 heavy (non-hydrogen) atoms. The van der Waals surface area contributed by atoms with Crippen LogP contribution in [0.3, 0.4) is 0 Å². The van der Waals surface area contributed by atoms with Gasteiger partial charge in [0.1, 0.15) is 6.61 Å². The van der Waals surface area contributed by atoms with Gasteiger partial charge in [-0.3, -0.25) is 0 Å².